The number of rotatable bonds is 5. The smallest absolute Gasteiger partial charge is 0.258 e. The number of hydrogen-bond acceptors (Lipinski definition) is 4. The predicted octanol–water partition coefficient (Wildman–Crippen LogP) is 4.77. The van der Waals surface area contributed by atoms with Crippen LogP contribution in [0.2, 0.25) is 0 Å². The van der Waals surface area contributed by atoms with Gasteiger partial charge in [-0.2, -0.15) is 5.10 Å². The van der Waals surface area contributed by atoms with Crippen LogP contribution in [-0.4, -0.2) is 11.1 Å². The Hall–Kier alpha value is -3.47. The summed E-state index contributed by atoms with van der Waals surface area (Å²) in [6.45, 7) is 0. The summed E-state index contributed by atoms with van der Waals surface area (Å²) in [6.07, 6.45) is 1.68. The van der Waals surface area contributed by atoms with Gasteiger partial charge in [0.05, 0.1) is 22.5 Å². The molecule has 0 aliphatic rings. The van der Waals surface area contributed by atoms with E-state index in [1.165, 1.54) is 12.1 Å². The third-order valence-corrected chi connectivity index (χ3v) is 3.43. The van der Waals surface area contributed by atoms with E-state index in [2.05, 4.69) is 5.10 Å². The van der Waals surface area contributed by atoms with Gasteiger partial charge in [0.2, 0.25) is 0 Å². The minimum Gasteiger partial charge on any atom is -0.258 e. The van der Waals surface area contributed by atoms with Crippen molar-refractivity contribution >= 4 is 23.3 Å². The number of nitro benzene ring substituents is 1. The molecule has 118 valence electrons. The Bertz CT molecular complexity index is 792. The molecule has 0 N–H and O–H groups in total. The van der Waals surface area contributed by atoms with E-state index >= 15 is 0 Å². The molecule has 5 nitrogen and oxygen atoms in total. The normalized spacial score (nSPS) is 10.7. The van der Waals surface area contributed by atoms with E-state index in [-0.39, 0.29) is 5.69 Å². The number of benzene rings is 3. The van der Waals surface area contributed by atoms with Crippen molar-refractivity contribution in [3.63, 3.8) is 0 Å². The van der Waals surface area contributed by atoms with Crippen molar-refractivity contribution in [3.8, 4) is 0 Å². The molecule has 0 fully saturated rings. The van der Waals surface area contributed by atoms with E-state index in [9.17, 15) is 10.1 Å². The Kier molecular flexibility index (Phi) is 4.62. The van der Waals surface area contributed by atoms with Crippen molar-refractivity contribution in [3.05, 3.63) is 101 Å². The lowest BCUT2D eigenvalue weighted by molar-refractivity contribution is -0.384. The molecule has 0 bridgehead atoms. The van der Waals surface area contributed by atoms with E-state index in [1.54, 1.807) is 18.3 Å². The first-order valence-electron chi connectivity index (χ1n) is 7.43. The molecule has 24 heavy (non-hydrogen) atoms. The number of non-ortho nitro benzene ring substituents is 1. The molecule has 0 aliphatic carbocycles. The first kappa shape index (κ1) is 15.4. The highest BCUT2D eigenvalue weighted by atomic mass is 16.6. The van der Waals surface area contributed by atoms with Gasteiger partial charge in [0.25, 0.3) is 5.69 Å². The van der Waals surface area contributed by atoms with Crippen LogP contribution < -0.4 is 5.01 Å². The summed E-state index contributed by atoms with van der Waals surface area (Å²) in [5, 5.41) is 17.1. The third kappa shape index (κ3) is 3.64. The van der Waals surface area contributed by atoms with Gasteiger partial charge in [-0.25, -0.2) is 5.01 Å². The average Bonchev–Trinajstić information content (AvgIpc) is 2.64. The van der Waals surface area contributed by atoms with Gasteiger partial charge >= 0.3 is 0 Å². The molecule has 5 heteroatoms. The zero-order chi connectivity index (χ0) is 16.8. The topological polar surface area (TPSA) is 58.7 Å². The molecule has 3 aromatic carbocycles. The summed E-state index contributed by atoms with van der Waals surface area (Å²) in [5.74, 6) is 0. The highest BCUT2D eigenvalue weighted by Crippen LogP contribution is 2.25. The number of hydrazone groups is 1. The summed E-state index contributed by atoms with van der Waals surface area (Å²) >= 11 is 0. The molecule has 3 aromatic rings. The fourth-order valence-electron chi connectivity index (χ4n) is 2.23. The van der Waals surface area contributed by atoms with Gasteiger partial charge in [-0.3, -0.25) is 10.1 Å². The van der Waals surface area contributed by atoms with Gasteiger partial charge in [-0.15, -0.1) is 0 Å². The van der Waals surface area contributed by atoms with E-state index in [1.807, 2.05) is 65.7 Å². The Labute approximate surface area is 139 Å². The lowest BCUT2D eigenvalue weighted by atomic mass is 10.2. The second-order valence-corrected chi connectivity index (χ2v) is 5.08. The van der Waals surface area contributed by atoms with Crippen LogP contribution in [0.15, 0.2) is 90.0 Å². The van der Waals surface area contributed by atoms with Crippen molar-refractivity contribution in [2.45, 2.75) is 0 Å². The Morgan fingerprint density at radius 1 is 0.792 bits per heavy atom. The standard InChI is InChI=1S/C19H15N3O2/c23-22(24)19-13-11-16(12-14-19)15-20-21(17-7-3-1-4-8-17)18-9-5-2-6-10-18/h1-15H/b20-15+. The van der Waals surface area contributed by atoms with Gasteiger partial charge in [-0.1, -0.05) is 36.4 Å². The molecule has 0 saturated heterocycles. The molecule has 3 rings (SSSR count). The van der Waals surface area contributed by atoms with Gasteiger partial charge < -0.3 is 0 Å². The minimum atomic E-state index is -0.416. The summed E-state index contributed by atoms with van der Waals surface area (Å²) in [6, 6.07) is 25.9. The Balaban J connectivity index is 1.90. The molecule has 0 radical (unpaired) electrons. The van der Waals surface area contributed by atoms with Crippen LogP contribution in [0.4, 0.5) is 17.1 Å². The summed E-state index contributed by atoms with van der Waals surface area (Å²) in [5.41, 5.74) is 2.72. The van der Waals surface area contributed by atoms with Crippen molar-refractivity contribution < 1.29 is 4.92 Å². The predicted molar refractivity (Wildman–Crippen MR) is 95.7 cm³/mol. The Morgan fingerprint density at radius 3 is 1.75 bits per heavy atom. The largest absolute Gasteiger partial charge is 0.269 e. The van der Waals surface area contributed by atoms with Crippen molar-refractivity contribution in [2.75, 3.05) is 5.01 Å². The Morgan fingerprint density at radius 2 is 1.29 bits per heavy atom. The number of nitro groups is 1. The van der Waals surface area contributed by atoms with Crippen molar-refractivity contribution in [2.24, 2.45) is 5.10 Å². The van der Waals surface area contributed by atoms with Crippen molar-refractivity contribution in [1.29, 1.82) is 0 Å². The van der Waals surface area contributed by atoms with Crippen LogP contribution in [0.1, 0.15) is 5.56 Å². The molecule has 0 aliphatic heterocycles. The number of anilines is 2. The lowest BCUT2D eigenvalue weighted by Gasteiger charge is -2.19. The average molecular weight is 317 g/mol. The van der Waals surface area contributed by atoms with Crippen molar-refractivity contribution in [1.82, 2.24) is 0 Å². The second-order valence-electron chi connectivity index (χ2n) is 5.08. The third-order valence-electron chi connectivity index (χ3n) is 3.43. The molecular formula is C19H15N3O2. The van der Waals surface area contributed by atoms with Gasteiger partial charge in [0.1, 0.15) is 0 Å². The summed E-state index contributed by atoms with van der Waals surface area (Å²) in [4.78, 5) is 10.3. The van der Waals surface area contributed by atoms with Crippen LogP contribution >= 0.6 is 0 Å². The number of para-hydroxylation sites is 2. The number of nitrogens with zero attached hydrogens (tertiary/aromatic N) is 3. The maximum absolute atomic E-state index is 10.7. The van der Waals surface area contributed by atoms with Crippen LogP contribution in [0.25, 0.3) is 0 Å². The van der Waals surface area contributed by atoms with Crippen LogP contribution in [-0.2, 0) is 0 Å². The first-order chi connectivity index (χ1) is 11.7. The van der Waals surface area contributed by atoms with Gasteiger partial charge in [0, 0.05) is 12.1 Å². The molecule has 0 unspecified atom stereocenters. The summed E-state index contributed by atoms with van der Waals surface area (Å²) in [7, 11) is 0. The van der Waals surface area contributed by atoms with Crippen LogP contribution in [0.5, 0.6) is 0 Å². The molecular weight excluding hydrogens is 302 g/mol. The molecule has 0 aromatic heterocycles. The lowest BCUT2D eigenvalue weighted by Crippen LogP contribution is -2.09. The molecule has 0 saturated carbocycles. The molecule has 0 spiro atoms. The maximum atomic E-state index is 10.7. The zero-order valence-electron chi connectivity index (χ0n) is 12.8. The number of hydrogen-bond donors (Lipinski definition) is 0. The monoisotopic (exact) mass is 317 g/mol. The second kappa shape index (κ2) is 7.19. The first-order valence-corrected chi connectivity index (χ1v) is 7.43. The minimum absolute atomic E-state index is 0.0649. The van der Waals surface area contributed by atoms with E-state index in [0.717, 1.165) is 16.9 Å². The van der Waals surface area contributed by atoms with E-state index < -0.39 is 4.92 Å². The van der Waals surface area contributed by atoms with E-state index in [0.29, 0.717) is 0 Å². The molecule has 0 atom stereocenters. The fraction of sp³-hybridized carbons (Fsp3) is 0. The van der Waals surface area contributed by atoms with Crippen LogP contribution in [0, 0.1) is 10.1 Å². The van der Waals surface area contributed by atoms with Crippen LogP contribution in [0.3, 0.4) is 0 Å². The highest BCUT2D eigenvalue weighted by molar-refractivity contribution is 5.82. The summed E-state index contributed by atoms with van der Waals surface area (Å²) < 4.78 is 0. The molecule has 0 amide bonds. The van der Waals surface area contributed by atoms with Gasteiger partial charge in [-0.05, 0) is 42.0 Å². The van der Waals surface area contributed by atoms with Gasteiger partial charge in [0.15, 0.2) is 0 Å². The zero-order valence-corrected chi connectivity index (χ0v) is 12.8. The highest BCUT2D eigenvalue weighted by Gasteiger charge is 2.07. The van der Waals surface area contributed by atoms with E-state index in [4.69, 9.17) is 0 Å². The quantitative estimate of drug-likeness (QED) is 0.387. The SMILES string of the molecule is O=[N+]([O-])c1ccc(/C=N/N(c2ccccc2)c2ccccc2)cc1. The fourth-order valence-corrected chi connectivity index (χ4v) is 2.23. The maximum Gasteiger partial charge on any atom is 0.269 e. The molecule has 0 heterocycles.